The molecular weight excluding hydrogens is 586 g/mol. The number of anilines is 2. The van der Waals surface area contributed by atoms with Crippen molar-refractivity contribution in [3.63, 3.8) is 0 Å². The van der Waals surface area contributed by atoms with Crippen LogP contribution in [0.15, 0.2) is 39.9 Å². The van der Waals surface area contributed by atoms with E-state index in [0.29, 0.717) is 56.7 Å². The summed E-state index contributed by atoms with van der Waals surface area (Å²) in [6.07, 6.45) is 8.27. The molecule has 1 aliphatic carbocycles. The minimum atomic E-state index is -1.45. The number of ether oxygens (including phenoxy) is 2. The number of carboxylic acid groups (broad SMARTS) is 1. The highest BCUT2D eigenvalue weighted by molar-refractivity contribution is 6.76. The molecule has 0 spiro atoms. The highest BCUT2D eigenvalue weighted by Gasteiger charge is 2.35. The highest BCUT2D eigenvalue weighted by Crippen LogP contribution is 2.36. The molecular formula is C35H55N3O6Si. The second kappa shape index (κ2) is 16.7. The number of carbonyl (C=O) groups is 1. The van der Waals surface area contributed by atoms with Crippen molar-refractivity contribution in [2.24, 2.45) is 11.8 Å². The molecule has 10 heteroatoms. The van der Waals surface area contributed by atoms with Crippen molar-refractivity contribution in [3.8, 4) is 0 Å². The van der Waals surface area contributed by atoms with Gasteiger partial charge in [0.25, 0.3) is 10.9 Å². The van der Waals surface area contributed by atoms with Gasteiger partial charge in [0.15, 0.2) is 0 Å². The topological polar surface area (TPSA) is 108 Å². The van der Waals surface area contributed by atoms with Gasteiger partial charge in [0.2, 0.25) is 0 Å². The van der Waals surface area contributed by atoms with E-state index in [9.17, 15) is 19.5 Å². The van der Waals surface area contributed by atoms with Gasteiger partial charge in [-0.25, -0.2) is 4.79 Å². The fourth-order valence-electron chi connectivity index (χ4n) is 7.05. The van der Waals surface area contributed by atoms with Crippen LogP contribution in [0.1, 0.15) is 69.5 Å². The molecule has 1 heterocycles. The maximum atomic E-state index is 13.1. The monoisotopic (exact) mass is 641 g/mol. The molecule has 9 nitrogen and oxygen atoms in total. The molecule has 4 rings (SSSR count). The summed E-state index contributed by atoms with van der Waals surface area (Å²) in [7, 11) is 0.240. The number of amides is 1. The van der Waals surface area contributed by atoms with Gasteiger partial charge in [-0.1, -0.05) is 82.1 Å². The van der Waals surface area contributed by atoms with E-state index in [1.54, 1.807) is 7.11 Å². The maximum absolute atomic E-state index is 13.1. The summed E-state index contributed by atoms with van der Waals surface area (Å²) in [6.45, 7) is 10.1. The molecule has 2 fully saturated rings. The zero-order valence-corrected chi connectivity index (χ0v) is 28.9. The minimum Gasteiger partial charge on any atom is -0.465 e. The number of nitrogens with one attached hydrogen (secondary N) is 1. The zero-order chi connectivity index (χ0) is 32.4. The van der Waals surface area contributed by atoms with Gasteiger partial charge in [0.1, 0.15) is 11.4 Å². The molecule has 1 saturated heterocycles. The Bertz CT molecular complexity index is 1270. The number of methoxy groups -OCH3 is 1. The van der Waals surface area contributed by atoms with Crippen molar-refractivity contribution in [1.29, 1.82) is 0 Å². The van der Waals surface area contributed by atoms with Crippen LogP contribution in [-0.4, -0.2) is 76.7 Å². The van der Waals surface area contributed by atoms with Crippen molar-refractivity contribution in [2.45, 2.75) is 95.6 Å². The summed E-state index contributed by atoms with van der Waals surface area (Å²) in [5.41, 5.74) is 1.02. The van der Waals surface area contributed by atoms with Crippen LogP contribution in [0.5, 0.6) is 0 Å². The van der Waals surface area contributed by atoms with Crippen LogP contribution in [0.3, 0.4) is 0 Å². The van der Waals surface area contributed by atoms with Gasteiger partial charge >= 0.3 is 6.09 Å². The fourth-order valence-corrected chi connectivity index (χ4v) is 7.99. The van der Waals surface area contributed by atoms with E-state index in [2.05, 4.69) is 42.0 Å². The van der Waals surface area contributed by atoms with E-state index < -0.39 is 25.0 Å². The molecule has 0 bridgehead atoms. The van der Waals surface area contributed by atoms with Crippen molar-refractivity contribution >= 4 is 25.5 Å². The molecule has 3 atom stereocenters. The summed E-state index contributed by atoms with van der Waals surface area (Å²) < 4.78 is 11.7. The Labute approximate surface area is 270 Å². The molecule has 1 amide bonds. The van der Waals surface area contributed by atoms with E-state index in [1.165, 1.54) is 24.2 Å². The van der Waals surface area contributed by atoms with Crippen LogP contribution < -0.4 is 21.1 Å². The average molecular weight is 642 g/mol. The lowest BCUT2D eigenvalue weighted by Gasteiger charge is -2.39. The van der Waals surface area contributed by atoms with E-state index in [0.717, 1.165) is 50.1 Å². The number of piperidine rings is 1. The van der Waals surface area contributed by atoms with Gasteiger partial charge in [-0.2, -0.15) is 0 Å². The van der Waals surface area contributed by atoms with Crippen molar-refractivity contribution in [3.05, 3.63) is 56.3 Å². The van der Waals surface area contributed by atoms with Crippen LogP contribution >= 0.6 is 0 Å². The number of hydrogen-bond donors (Lipinski definition) is 2. The standard InChI is InChI=1S/C35H55N3O6Si/c1-43-20-12-21-44-34(27-15-9-6-10-16-27)28-17-11-18-37(24-28)31-30(32(39)33(31)40)36-29(23-26-13-7-5-8-14-26)25-38(35(41)42)19-22-45(2,3)4/h6,9-10,15-16,26,28-29,34,36H,5,7-8,11-14,17-25H2,1-4H3,(H,41,42)/t28?,29-,34?/m0/s1. The Morgan fingerprint density at radius 3 is 2.44 bits per heavy atom. The fraction of sp³-hybridized carbons (Fsp3) is 0.686. The minimum absolute atomic E-state index is 0.122. The summed E-state index contributed by atoms with van der Waals surface area (Å²) >= 11 is 0. The molecule has 0 radical (unpaired) electrons. The van der Waals surface area contributed by atoms with E-state index >= 15 is 0 Å². The van der Waals surface area contributed by atoms with Crippen molar-refractivity contribution < 1.29 is 19.4 Å². The molecule has 2 N–H and O–H groups in total. The lowest BCUT2D eigenvalue weighted by Crippen LogP contribution is -2.49. The first-order valence-corrected chi connectivity index (χ1v) is 20.8. The van der Waals surface area contributed by atoms with Gasteiger partial charge in [0.05, 0.1) is 6.10 Å². The Balaban J connectivity index is 1.53. The largest absolute Gasteiger partial charge is 0.465 e. The maximum Gasteiger partial charge on any atom is 0.407 e. The number of nitrogens with zero attached hydrogens (tertiary/aromatic N) is 2. The second-order valence-electron chi connectivity index (χ2n) is 14.4. The summed E-state index contributed by atoms with van der Waals surface area (Å²) in [4.78, 5) is 42.2. The van der Waals surface area contributed by atoms with E-state index in [1.807, 2.05) is 18.2 Å². The lowest BCUT2D eigenvalue weighted by molar-refractivity contribution is -0.00235. The Hall–Kier alpha value is -2.69. The smallest absolute Gasteiger partial charge is 0.407 e. The van der Waals surface area contributed by atoms with Crippen LogP contribution in [0.2, 0.25) is 25.7 Å². The van der Waals surface area contributed by atoms with Crippen LogP contribution in [0.4, 0.5) is 16.2 Å². The molecule has 2 aromatic carbocycles. The predicted molar refractivity (Wildman–Crippen MR) is 184 cm³/mol. The van der Waals surface area contributed by atoms with Gasteiger partial charge in [-0.15, -0.1) is 0 Å². The first-order valence-electron chi connectivity index (χ1n) is 17.1. The lowest BCUT2D eigenvalue weighted by atomic mass is 9.84. The van der Waals surface area contributed by atoms with Gasteiger partial charge < -0.3 is 29.7 Å². The Morgan fingerprint density at radius 1 is 1.04 bits per heavy atom. The van der Waals surface area contributed by atoms with Gasteiger partial charge in [0, 0.05) is 66.5 Å². The van der Waals surface area contributed by atoms with E-state index in [4.69, 9.17) is 9.47 Å². The summed E-state index contributed by atoms with van der Waals surface area (Å²) in [6, 6.07) is 10.9. The molecule has 1 aliphatic heterocycles. The third-order valence-corrected chi connectivity index (χ3v) is 11.3. The normalized spacial score (nSPS) is 19.4. The Kier molecular flexibility index (Phi) is 13.1. The quantitative estimate of drug-likeness (QED) is 0.117. The summed E-state index contributed by atoms with van der Waals surface area (Å²) in [5.74, 6) is 0.642. The highest BCUT2D eigenvalue weighted by atomic mass is 28.3. The van der Waals surface area contributed by atoms with Crippen LogP contribution in [0.25, 0.3) is 0 Å². The third-order valence-electron chi connectivity index (χ3n) is 9.54. The van der Waals surface area contributed by atoms with Crippen LogP contribution in [0, 0.1) is 11.8 Å². The molecule has 250 valence electrons. The first-order chi connectivity index (χ1) is 21.6. The predicted octanol–water partition coefficient (Wildman–Crippen LogP) is 6.36. The molecule has 2 unspecified atom stereocenters. The average Bonchev–Trinajstić information content (AvgIpc) is 3.03. The number of hydrogen-bond acceptors (Lipinski definition) is 7. The summed E-state index contributed by atoms with van der Waals surface area (Å²) in [5, 5.41) is 13.6. The number of benzene rings is 1. The van der Waals surface area contributed by atoms with Crippen molar-refractivity contribution in [1.82, 2.24) is 4.90 Å². The van der Waals surface area contributed by atoms with Gasteiger partial charge in [-0.3, -0.25) is 9.59 Å². The number of rotatable bonds is 17. The second-order valence-corrected chi connectivity index (χ2v) is 20.0. The zero-order valence-electron chi connectivity index (χ0n) is 27.9. The molecule has 0 aromatic heterocycles. The third kappa shape index (κ3) is 10.1. The molecule has 2 aliphatic rings. The Morgan fingerprint density at radius 2 is 1.78 bits per heavy atom. The molecule has 1 saturated carbocycles. The first kappa shape index (κ1) is 35.2. The molecule has 2 aromatic rings. The van der Waals surface area contributed by atoms with Crippen molar-refractivity contribution in [2.75, 3.05) is 56.7 Å². The van der Waals surface area contributed by atoms with Gasteiger partial charge in [-0.05, 0) is 43.2 Å². The van der Waals surface area contributed by atoms with Crippen LogP contribution in [-0.2, 0) is 9.47 Å². The molecule has 45 heavy (non-hydrogen) atoms. The SMILES string of the molecule is COCCCOC(c1ccccc1)C1CCCN(c2c(N[C@@H](CC3CCCCC3)CN(CC[Si](C)(C)C)C(=O)O)c(=O)c2=O)C1. The van der Waals surface area contributed by atoms with E-state index in [-0.39, 0.29) is 18.1 Å².